The Morgan fingerprint density at radius 3 is 1.84 bits per heavy atom. The number of carbonyl (C=O) groups excluding carboxylic acids is 1. The van der Waals surface area contributed by atoms with Crippen molar-refractivity contribution >= 4 is 5.91 Å². The second-order valence-corrected chi connectivity index (χ2v) is 15.1. The molecule has 0 spiro atoms. The molecule has 1 aliphatic rings. The molecule has 9 nitrogen and oxygen atoms in total. The van der Waals surface area contributed by atoms with Crippen LogP contribution in [0.4, 0.5) is 0 Å². The molecule has 0 saturated carbocycles. The lowest BCUT2D eigenvalue weighted by Crippen LogP contribution is -2.59. The van der Waals surface area contributed by atoms with E-state index in [1.807, 2.05) is 13.0 Å². The monoisotopic (exact) mass is 726 g/mol. The van der Waals surface area contributed by atoms with Crippen LogP contribution in [0.3, 0.4) is 0 Å². The first kappa shape index (κ1) is 47.7. The normalized spacial score (nSPS) is 23.1. The first-order valence-electron chi connectivity index (χ1n) is 20.9. The smallest absolute Gasteiger partial charge is 0.249 e. The first-order valence-corrected chi connectivity index (χ1v) is 20.9. The summed E-state index contributed by atoms with van der Waals surface area (Å²) in [6.07, 6.45) is 25.4. The SMILES string of the molecule is CCCCCCCCCCCCCCC[C@H](O)C(=O)N[C@@H](CO[C@@H]1O[C@H](CO)[C@@H](O)[C@H](O)[C@H]1O)[C@H](C)/C=C/CC/C=C(\C)CCCCCCCC. The highest BCUT2D eigenvalue weighted by molar-refractivity contribution is 5.80. The zero-order valence-electron chi connectivity index (χ0n) is 33.0. The predicted octanol–water partition coefficient (Wildman–Crippen LogP) is 7.80. The molecule has 0 radical (unpaired) electrons. The number of aliphatic hydroxyl groups is 5. The molecule has 1 heterocycles. The number of carbonyl (C=O) groups is 1. The summed E-state index contributed by atoms with van der Waals surface area (Å²) in [4.78, 5) is 13.1. The van der Waals surface area contributed by atoms with E-state index in [-0.39, 0.29) is 12.5 Å². The summed E-state index contributed by atoms with van der Waals surface area (Å²) in [5.74, 6) is -0.639. The Bertz CT molecular complexity index is 896. The summed E-state index contributed by atoms with van der Waals surface area (Å²) >= 11 is 0. The molecule has 1 saturated heterocycles. The van der Waals surface area contributed by atoms with Crippen LogP contribution in [-0.2, 0) is 14.3 Å². The van der Waals surface area contributed by atoms with Crippen molar-refractivity contribution in [3.63, 3.8) is 0 Å². The predicted molar refractivity (Wildman–Crippen MR) is 207 cm³/mol. The summed E-state index contributed by atoms with van der Waals surface area (Å²) < 4.78 is 11.3. The van der Waals surface area contributed by atoms with Gasteiger partial charge in [0, 0.05) is 0 Å². The van der Waals surface area contributed by atoms with E-state index in [0.717, 1.165) is 38.5 Å². The number of unbranched alkanes of at least 4 members (excludes halogenated alkanes) is 18. The van der Waals surface area contributed by atoms with Gasteiger partial charge in [-0.25, -0.2) is 0 Å². The van der Waals surface area contributed by atoms with E-state index < -0.39 is 55.4 Å². The van der Waals surface area contributed by atoms with Gasteiger partial charge in [0.15, 0.2) is 6.29 Å². The van der Waals surface area contributed by atoms with Crippen molar-refractivity contribution in [2.45, 2.75) is 218 Å². The second-order valence-electron chi connectivity index (χ2n) is 15.1. The van der Waals surface area contributed by atoms with Crippen LogP contribution in [0.25, 0.3) is 0 Å². The summed E-state index contributed by atoms with van der Waals surface area (Å²) in [5, 5.41) is 53.9. The van der Waals surface area contributed by atoms with Crippen molar-refractivity contribution in [3.8, 4) is 0 Å². The van der Waals surface area contributed by atoms with Gasteiger partial charge in [-0.2, -0.15) is 0 Å². The number of aliphatic hydroxyl groups excluding tert-OH is 5. The van der Waals surface area contributed by atoms with Crippen LogP contribution in [0.15, 0.2) is 23.8 Å². The van der Waals surface area contributed by atoms with Gasteiger partial charge in [-0.15, -0.1) is 0 Å². The average molecular weight is 726 g/mol. The van der Waals surface area contributed by atoms with E-state index in [1.54, 1.807) is 0 Å². The molecule has 6 N–H and O–H groups in total. The van der Waals surface area contributed by atoms with Crippen molar-refractivity contribution in [2.24, 2.45) is 5.92 Å². The third-order valence-corrected chi connectivity index (χ3v) is 10.3. The molecular formula is C42H79NO8. The third kappa shape index (κ3) is 22.5. The quantitative estimate of drug-likeness (QED) is 0.0304. The first-order chi connectivity index (χ1) is 24.7. The summed E-state index contributed by atoms with van der Waals surface area (Å²) in [6.45, 7) is 8.02. The third-order valence-electron chi connectivity index (χ3n) is 10.3. The molecular weight excluding hydrogens is 646 g/mol. The van der Waals surface area contributed by atoms with Crippen LogP contribution in [0.1, 0.15) is 175 Å². The molecule has 0 aliphatic carbocycles. The van der Waals surface area contributed by atoms with Crippen LogP contribution in [0.5, 0.6) is 0 Å². The van der Waals surface area contributed by atoms with Gasteiger partial charge in [-0.1, -0.05) is 160 Å². The van der Waals surface area contributed by atoms with Gasteiger partial charge in [0.1, 0.15) is 30.5 Å². The molecule has 0 aromatic carbocycles. The lowest BCUT2D eigenvalue weighted by molar-refractivity contribution is -0.302. The molecule has 300 valence electrons. The van der Waals surface area contributed by atoms with Crippen LogP contribution in [0, 0.1) is 5.92 Å². The highest BCUT2D eigenvalue weighted by atomic mass is 16.7. The molecule has 1 fully saturated rings. The number of rotatable bonds is 32. The number of ether oxygens (including phenoxy) is 2. The van der Waals surface area contributed by atoms with E-state index >= 15 is 0 Å². The minimum absolute atomic E-state index is 0.0668. The Balaban J connectivity index is 2.57. The fourth-order valence-corrected chi connectivity index (χ4v) is 6.65. The average Bonchev–Trinajstić information content (AvgIpc) is 3.12. The van der Waals surface area contributed by atoms with Crippen molar-refractivity contribution in [1.82, 2.24) is 5.32 Å². The number of hydrogen-bond acceptors (Lipinski definition) is 8. The lowest BCUT2D eigenvalue weighted by atomic mass is 9.98. The van der Waals surface area contributed by atoms with Crippen molar-refractivity contribution in [2.75, 3.05) is 13.2 Å². The van der Waals surface area contributed by atoms with Crippen molar-refractivity contribution in [3.05, 3.63) is 23.8 Å². The van der Waals surface area contributed by atoms with Crippen LogP contribution >= 0.6 is 0 Å². The molecule has 8 atom stereocenters. The van der Waals surface area contributed by atoms with Gasteiger partial charge in [0.25, 0.3) is 0 Å². The largest absolute Gasteiger partial charge is 0.394 e. The Labute approximate surface area is 311 Å². The summed E-state index contributed by atoms with van der Waals surface area (Å²) in [6, 6.07) is -0.549. The Morgan fingerprint density at radius 2 is 1.29 bits per heavy atom. The summed E-state index contributed by atoms with van der Waals surface area (Å²) in [7, 11) is 0. The zero-order valence-corrected chi connectivity index (χ0v) is 33.0. The number of amides is 1. The molecule has 51 heavy (non-hydrogen) atoms. The number of nitrogens with one attached hydrogen (secondary N) is 1. The minimum atomic E-state index is -1.55. The van der Waals surface area contributed by atoms with Gasteiger partial charge in [0.05, 0.1) is 19.3 Å². The maximum absolute atomic E-state index is 13.1. The molecule has 0 aromatic heterocycles. The maximum Gasteiger partial charge on any atom is 0.249 e. The van der Waals surface area contributed by atoms with E-state index in [1.165, 1.54) is 108 Å². The van der Waals surface area contributed by atoms with E-state index in [9.17, 15) is 30.3 Å². The minimum Gasteiger partial charge on any atom is -0.394 e. The molecule has 1 amide bonds. The standard InChI is InChI=1S/C42H79NO8/c1-5-7-9-11-13-14-15-16-17-18-19-21-26-30-36(45)41(49)43-35(32-50-42-40(48)39(47)38(46)37(31-44)51-42)34(4)29-25-22-24-28-33(3)27-23-20-12-10-8-6-2/h25,28-29,34-40,42,44-48H,5-24,26-27,30-32H2,1-4H3,(H,43,49)/b29-25+,33-28+/t34-,35+,36+,37-,38-,39+,40-,42-/m1/s1. The fourth-order valence-electron chi connectivity index (χ4n) is 6.65. The zero-order chi connectivity index (χ0) is 37.7. The van der Waals surface area contributed by atoms with Gasteiger partial charge in [-0.3, -0.25) is 4.79 Å². The van der Waals surface area contributed by atoms with Crippen LogP contribution in [-0.4, -0.2) is 87.5 Å². The van der Waals surface area contributed by atoms with Gasteiger partial charge < -0.3 is 40.3 Å². The van der Waals surface area contributed by atoms with E-state index in [2.05, 4.69) is 38.2 Å². The Kier molecular flexibility index (Phi) is 29.0. The van der Waals surface area contributed by atoms with Gasteiger partial charge in [0.2, 0.25) is 5.91 Å². The van der Waals surface area contributed by atoms with E-state index in [4.69, 9.17) is 9.47 Å². The topological polar surface area (TPSA) is 149 Å². The summed E-state index contributed by atoms with van der Waals surface area (Å²) in [5.41, 5.74) is 1.42. The van der Waals surface area contributed by atoms with Crippen LogP contribution < -0.4 is 5.32 Å². The molecule has 1 aliphatic heterocycles. The molecule has 0 unspecified atom stereocenters. The number of allylic oxidation sites excluding steroid dienone is 3. The molecule has 0 aromatic rings. The second kappa shape index (κ2) is 31.1. The number of hydrogen-bond donors (Lipinski definition) is 6. The van der Waals surface area contributed by atoms with Crippen LogP contribution in [0.2, 0.25) is 0 Å². The molecule has 0 bridgehead atoms. The maximum atomic E-state index is 13.1. The van der Waals surface area contributed by atoms with E-state index in [0.29, 0.717) is 6.42 Å². The highest BCUT2D eigenvalue weighted by Gasteiger charge is 2.44. The Hall–Kier alpha value is -1.33. The van der Waals surface area contributed by atoms with Gasteiger partial charge >= 0.3 is 0 Å². The lowest BCUT2D eigenvalue weighted by Gasteiger charge is -2.40. The molecule has 1 rings (SSSR count). The highest BCUT2D eigenvalue weighted by Crippen LogP contribution is 2.23. The molecule has 9 heteroatoms. The van der Waals surface area contributed by atoms with Crippen molar-refractivity contribution < 1.29 is 39.8 Å². The Morgan fingerprint density at radius 1 is 0.765 bits per heavy atom. The van der Waals surface area contributed by atoms with Crippen molar-refractivity contribution in [1.29, 1.82) is 0 Å². The van der Waals surface area contributed by atoms with Gasteiger partial charge in [-0.05, 0) is 44.9 Å². The fraction of sp³-hybridized carbons (Fsp3) is 0.881.